The van der Waals surface area contributed by atoms with E-state index in [9.17, 15) is 4.79 Å². The van der Waals surface area contributed by atoms with Crippen LogP contribution in [-0.2, 0) is 0 Å². The Labute approximate surface area is 138 Å². The van der Waals surface area contributed by atoms with Crippen LogP contribution in [0.4, 0.5) is 10.6 Å². The Morgan fingerprint density at radius 2 is 2.13 bits per heavy atom. The van der Waals surface area contributed by atoms with E-state index in [0.29, 0.717) is 18.5 Å². The molecule has 0 bridgehead atoms. The number of aromatic nitrogens is 2. The van der Waals surface area contributed by atoms with E-state index < -0.39 is 0 Å². The zero-order valence-corrected chi connectivity index (χ0v) is 14.5. The minimum Gasteiger partial charge on any atom is -0.478 e. The van der Waals surface area contributed by atoms with Gasteiger partial charge in [-0.05, 0) is 33.6 Å². The third-order valence-electron chi connectivity index (χ3n) is 4.13. The van der Waals surface area contributed by atoms with Crippen molar-refractivity contribution < 1.29 is 9.53 Å². The number of ether oxygens (including phenoxy) is 1. The molecule has 0 aliphatic carbocycles. The zero-order chi connectivity index (χ0) is 16.8. The lowest BCUT2D eigenvalue weighted by Gasteiger charge is -2.36. The largest absolute Gasteiger partial charge is 0.478 e. The van der Waals surface area contributed by atoms with Gasteiger partial charge in [0.1, 0.15) is 12.1 Å². The van der Waals surface area contributed by atoms with Gasteiger partial charge in [-0.2, -0.15) is 0 Å². The number of likely N-dealkylation sites (tertiary alicyclic amines) is 1. The van der Waals surface area contributed by atoms with Crippen molar-refractivity contribution in [2.24, 2.45) is 0 Å². The van der Waals surface area contributed by atoms with Crippen LogP contribution in [0.1, 0.15) is 33.6 Å². The van der Waals surface area contributed by atoms with E-state index in [1.54, 1.807) is 4.90 Å². The minimum atomic E-state index is 0.110. The van der Waals surface area contributed by atoms with Crippen molar-refractivity contribution in [2.75, 3.05) is 32.1 Å². The fourth-order valence-corrected chi connectivity index (χ4v) is 2.51. The van der Waals surface area contributed by atoms with Crippen molar-refractivity contribution in [1.29, 1.82) is 0 Å². The van der Waals surface area contributed by atoms with Crippen molar-refractivity contribution in [1.82, 2.24) is 19.8 Å². The average molecular weight is 321 g/mol. The summed E-state index contributed by atoms with van der Waals surface area (Å²) < 4.78 is 5.38. The van der Waals surface area contributed by atoms with Gasteiger partial charge >= 0.3 is 6.03 Å². The molecule has 2 rings (SSSR count). The molecule has 23 heavy (non-hydrogen) atoms. The summed E-state index contributed by atoms with van der Waals surface area (Å²) >= 11 is 0. The first-order chi connectivity index (χ1) is 11.0. The quantitative estimate of drug-likeness (QED) is 0.900. The highest BCUT2D eigenvalue weighted by Gasteiger charge is 2.25. The van der Waals surface area contributed by atoms with Crippen molar-refractivity contribution in [3.05, 3.63) is 12.4 Å². The molecule has 1 aromatic heterocycles. The summed E-state index contributed by atoms with van der Waals surface area (Å²) in [6.45, 7) is 8.08. The summed E-state index contributed by atoms with van der Waals surface area (Å²) in [6.07, 6.45) is 3.32. The van der Waals surface area contributed by atoms with Crippen molar-refractivity contribution in [3.8, 4) is 5.88 Å². The van der Waals surface area contributed by atoms with Crippen molar-refractivity contribution >= 4 is 11.8 Å². The van der Waals surface area contributed by atoms with Crippen molar-refractivity contribution in [3.63, 3.8) is 0 Å². The van der Waals surface area contributed by atoms with Gasteiger partial charge in [-0.15, -0.1) is 0 Å². The molecule has 1 saturated heterocycles. The molecule has 7 nitrogen and oxygen atoms in total. The normalized spacial score (nSPS) is 15.6. The van der Waals surface area contributed by atoms with E-state index in [2.05, 4.69) is 15.3 Å². The molecule has 1 fully saturated rings. The molecule has 1 N–H and O–H groups in total. The van der Waals surface area contributed by atoms with Gasteiger partial charge in [0.2, 0.25) is 5.88 Å². The van der Waals surface area contributed by atoms with Gasteiger partial charge in [0.05, 0.1) is 6.61 Å². The molecule has 0 radical (unpaired) electrons. The van der Waals surface area contributed by atoms with E-state index in [4.69, 9.17) is 4.74 Å². The van der Waals surface area contributed by atoms with Gasteiger partial charge in [0.15, 0.2) is 0 Å². The topological polar surface area (TPSA) is 70.6 Å². The maximum atomic E-state index is 12.3. The van der Waals surface area contributed by atoms with Crippen LogP contribution in [0.15, 0.2) is 12.4 Å². The fraction of sp³-hybridized carbons (Fsp3) is 0.688. The Balaban J connectivity index is 1.85. The number of rotatable bonds is 5. The molecule has 0 spiro atoms. The number of carbonyl (C=O) groups is 1. The lowest BCUT2D eigenvalue weighted by molar-refractivity contribution is 0.141. The maximum absolute atomic E-state index is 12.3. The van der Waals surface area contributed by atoms with E-state index in [1.165, 1.54) is 6.33 Å². The van der Waals surface area contributed by atoms with Crippen LogP contribution < -0.4 is 10.1 Å². The van der Waals surface area contributed by atoms with Crippen LogP contribution in [0.3, 0.4) is 0 Å². The molecule has 0 aromatic carbocycles. The van der Waals surface area contributed by atoms with Crippen LogP contribution in [0, 0.1) is 0 Å². The molecule has 2 heterocycles. The van der Waals surface area contributed by atoms with Gasteiger partial charge in [-0.3, -0.25) is 0 Å². The van der Waals surface area contributed by atoms with E-state index in [1.807, 2.05) is 38.8 Å². The number of amides is 2. The summed E-state index contributed by atoms with van der Waals surface area (Å²) in [5.74, 6) is 1.35. The summed E-state index contributed by atoms with van der Waals surface area (Å²) in [7, 11) is 1.85. The Hall–Kier alpha value is -2.05. The molecule has 0 atom stereocenters. The lowest BCUT2D eigenvalue weighted by atomic mass is 10.1. The number of nitrogens with zero attached hydrogens (tertiary/aromatic N) is 4. The molecule has 128 valence electrons. The average Bonchev–Trinajstić information content (AvgIpc) is 2.55. The number of hydrogen-bond donors (Lipinski definition) is 1. The SMILES string of the molecule is CCOc1cc(NC2CCN(C(=O)N(C)C(C)C)CC2)ncn1. The molecular weight excluding hydrogens is 294 g/mol. The molecule has 2 amide bonds. The van der Waals surface area contributed by atoms with Crippen LogP contribution in [-0.4, -0.2) is 64.6 Å². The van der Waals surface area contributed by atoms with Crippen molar-refractivity contribution in [2.45, 2.75) is 45.7 Å². The Morgan fingerprint density at radius 3 is 2.74 bits per heavy atom. The number of anilines is 1. The first kappa shape index (κ1) is 17.3. The Morgan fingerprint density at radius 1 is 1.43 bits per heavy atom. The van der Waals surface area contributed by atoms with Gasteiger partial charge in [0, 0.05) is 38.3 Å². The van der Waals surface area contributed by atoms with Crippen LogP contribution in [0.25, 0.3) is 0 Å². The van der Waals surface area contributed by atoms with Gasteiger partial charge < -0.3 is 19.9 Å². The number of piperidine rings is 1. The summed E-state index contributed by atoms with van der Waals surface area (Å²) in [4.78, 5) is 24.3. The molecule has 1 aliphatic heterocycles. The number of urea groups is 1. The van der Waals surface area contributed by atoms with Crippen LogP contribution in [0.2, 0.25) is 0 Å². The van der Waals surface area contributed by atoms with Gasteiger partial charge in [0.25, 0.3) is 0 Å². The molecule has 0 unspecified atom stereocenters. The number of nitrogens with one attached hydrogen (secondary N) is 1. The second-order valence-electron chi connectivity index (χ2n) is 6.07. The third-order valence-corrected chi connectivity index (χ3v) is 4.13. The van der Waals surface area contributed by atoms with Crippen LogP contribution in [0.5, 0.6) is 5.88 Å². The first-order valence-electron chi connectivity index (χ1n) is 8.24. The van der Waals surface area contributed by atoms with E-state index >= 15 is 0 Å². The van der Waals surface area contributed by atoms with Crippen LogP contribution >= 0.6 is 0 Å². The standard InChI is InChI=1S/C16H27N5O2/c1-5-23-15-10-14(17-11-18-15)19-13-6-8-21(9-7-13)16(22)20(4)12(2)3/h10-13H,5-9H2,1-4H3,(H,17,18,19). The molecule has 0 saturated carbocycles. The molecule has 7 heteroatoms. The lowest BCUT2D eigenvalue weighted by Crippen LogP contribution is -2.49. The minimum absolute atomic E-state index is 0.110. The number of hydrogen-bond acceptors (Lipinski definition) is 5. The molecule has 1 aromatic rings. The summed E-state index contributed by atoms with van der Waals surface area (Å²) in [6, 6.07) is 2.45. The van der Waals surface area contributed by atoms with E-state index in [-0.39, 0.29) is 12.1 Å². The van der Waals surface area contributed by atoms with Gasteiger partial charge in [-0.25, -0.2) is 14.8 Å². The molecular formula is C16H27N5O2. The zero-order valence-electron chi connectivity index (χ0n) is 14.5. The van der Waals surface area contributed by atoms with E-state index in [0.717, 1.165) is 31.7 Å². The number of carbonyl (C=O) groups excluding carboxylic acids is 1. The molecule has 1 aliphatic rings. The fourth-order valence-electron chi connectivity index (χ4n) is 2.51. The predicted molar refractivity (Wildman–Crippen MR) is 89.7 cm³/mol. The summed E-state index contributed by atoms with van der Waals surface area (Å²) in [5, 5.41) is 3.41. The Bertz CT molecular complexity index is 515. The smallest absolute Gasteiger partial charge is 0.319 e. The highest BCUT2D eigenvalue weighted by atomic mass is 16.5. The maximum Gasteiger partial charge on any atom is 0.319 e. The third kappa shape index (κ3) is 4.71. The highest BCUT2D eigenvalue weighted by molar-refractivity contribution is 5.74. The first-order valence-corrected chi connectivity index (χ1v) is 8.24. The monoisotopic (exact) mass is 321 g/mol. The highest BCUT2D eigenvalue weighted by Crippen LogP contribution is 2.18. The Kier molecular flexibility index (Phi) is 6.01. The predicted octanol–water partition coefficient (Wildman–Crippen LogP) is 2.21. The van der Waals surface area contributed by atoms with Gasteiger partial charge in [-0.1, -0.05) is 0 Å². The second kappa shape index (κ2) is 7.99. The second-order valence-corrected chi connectivity index (χ2v) is 6.07. The summed E-state index contributed by atoms with van der Waals surface area (Å²) in [5.41, 5.74) is 0.